The van der Waals surface area contributed by atoms with Crippen LogP contribution in [0.1, 0.15) is 31.2 Å². The summed E-state index contributed by atoms with van der Waals surface area (Å²) in [6.45, 7) is 2.37. The maximum absolute atomic E-state index is 14.1. The molecule has 1 fully saturated rings. The Bertz CT molecular complexity index is 671. The van der Waals surface area contributed by atoms with Gasteiger partial charge in [0.25, 0.3) is 0 Å². The Labute approximate surface area is 141 Å². The Morgan fingerprint density at radius 3 is 2.92 bits per heavy atom. The summed E-state index contributed by atoms with van der Waals surface area (Å²) in [7, 11) is 0. The Morgan fingerprint density at radius 1 is 1.38 bits per heavy atom. The van der Waals surface area contributed by atoms with E-state index in [9.17, 15) is 14.0 Å². The SMILES string of the molecule is Cc1ccc(N2CC(C(=O)OCC3CC=CCC3)CC2=O)c(F)c1. The van der Waals surface area contributed by atoms with E-state index in [0.29, 0.717) is 12.5 Å². The second kappa shape index (κ2) is 7.16. The summed E-state index contributed by atoms with van der Waals surface area (Å²) in [4.78, 5) is 25.8. The fourth-order valence-electron chi connectivity index (χ4n) is 3.25. The number of carbonyl (C=O) groups excluding carboxylic acids is 2. The Kier molecular flexibility index (Phi) is 4.97. The molecule has 1 heterocycles. The first-order chi connectivity index (χ1) is 11.5. The van der Waals surface area contributed by atoms with Gasteiger partial charge in [0.05, 0.1) is 18.2 Å². The zero-order valence-electron chi connectivity index (χ0n) is 13.8. The second-order valence-corrected chi connectivity index (χ2v) is 6.64. The third-order valence-corrected chi connectivity index (χ3v) is 4.69. The molecular weight excluding hydrogens is 309 g/mol. The molecule has 1 aliphatic carbocycles. The van der Waals surface area contributed by atoms with Gasteiger partial charge in [0, 0.05) is 13.0 Å². The number of aryl methyl sites for hydroxylation is 1. The zero-order valence-corrected chi connectivity index (χ0v) is 13.8. The van der Waals surface area contributed by atoms with Crippen LogP contribution in [-0.2, 0) is 14.3 Å². The normalized spacial score (nSPS) is 23.6. The van der Waals surface area contributed by atoms with Crippen LogP contribution in [0, 0.1) is 24.6 Å². The molecule has 1 amide bonds. The fourth-order valence-corrected chi connectivity index (χ4v) is 3.25. The number of hydrogen-bond acceptors (Lipinski definition) is 3. The molecule has 128 valence electrons. The number of amides is 1. The van der Waals surface area contributed by atoms with Gasteiger partial charge in [0.2, 0.25) is 5.91 Å². The molecule has 0 bridgehead atoms. The minimum absolute atomic E-state index is 0.0801. The molecule has 1 saturated heterocycles. The van der Waals surface area contributed by atoms with Gasteiger partial charge < -0.3 is 9.64 Å². The topological polar surface area (TPSA) is 46.6 Å². The molecule has 1 aromatic carbocycles. The van der Waals surface area contributed by atoms with E-state index < -0.39 is 11.7 Å². The van der Waals surface area contributed by atoms with Crippen molar-refractivity contribution in [2.24, 2.45) is 11.8 Å². The van der Waals surface area contributed by atoms with Crippen LogP contribution in [0.5, 0.6) is 0 Å². The van der Waals surface area contributed by atoms with Crippen LogP contribution in [0.25, 0.3) is 0 Å². The Morgan fingerprint density at radius 2 is 2.21 bits per heavy atom. The van der Waals surface area contributed by atoms with E-state index in [1.165, 1.54) is 11.0 Å². The Balaban J connectivity index is 1.59. The first-order valence-corrected chi connectivity index (χ1v) is 8.42. The van der Waals surface area contributed by atoms with Crippen molar-refractivity contribution in [1.82, 2.24) is 0 Å². The van der Waals surface area contributed by atoms with Gasteiger partial charge in [-0.05, 0) is 49.8 Å². The van der Waals surface area contributed by atoms with Crippen LogP contribution in [0.4, 0.5) is 10.1 Å². The lowest BCUT2D eigenvalue weighted by atomic mass is 9.95. The number of nitrogens with zero attached hydrogens (tertiary/aromatic N) is 1. The quantitative estimate of drug-likeness (QED) is 0.628. The van der Waals surface area contributed by atoms with Gasteiger partial charge in [-0.1, -0.05) is 18.2 Å². The number of hydrogen-bond donors (Lipinski definition) is 0. The molecule has 5 heteroatoms. The number of benzene rings is 1. The lowest BCUT2D eigenvalue weighted by molar-refractivity contribution is -0.149. The molecule has 4 nitrogen and oxygen atoms in total. The number of ether oxygens (including phenoxy) is 1. The predicted octanol–water partition coefficient (Wildman–Crippen LogP) is 3.39. The average molecular weight is 331 g/mol. The fraction of sp³-hybridized carbons (Fsp3) is 0.474. The lowest BCUT2D eigenvalue weighted by Crippen LogP contribution is -2.28. The molecular formula is C19H22FNO3. The highest BCUT2D eigenvalue weighted by Gasteiger charge is 2.37. The van der Waals surface area contributed by atoms with Crippen molar-refractivity contribution >= 4 is 17.6 Å². The van der Waals surface area contributed by atoms with Crippen molar-refractivity contribution in [3.8, 4) is 0 Å². The smallest absolute Gasteiger partial charge is 0.311 e. The van der Waals surface area contributed by atoms with Crippen LogP contribution in [0.15, 0.2) is 30.4 Å². The van der Waals surface area contributed by atoms with Gasteiger partial charge in [-0.2, -0.15) is 0 Å². The molecule has 0 saturated carbocycles. The average Bonchev–Trinajstić information content (AvgIpc) is 2.95. The molecule has 24 heavy (non-hydrogen) atoms. The predicted molar refractivity (Wildman–Crippen MR) is 89.0 cm³/mol. The third-order valence-electron chi connectivity index (χ3n) is 4.69. The standard InChI is InChI=1S/C19H22FNO3/c1-13-7-8-17(16(20)9-13)21-11-15(10-18(21)22)19(23)24-12-14-5-3-2-4-6-14/h2-3,7-9,14-15H,4-6,10-12H2,1H3. The number of rotatable bonds is 4. The Hall–Kier alpha value is -2.17. The van der Waals surface area contributed by atoms with Crippen molar-refractivity contribution in [3.05, 3.63) is 41.7 Å². The van der Waals surface area contributed by atoms with Gasteiger partial charge in [-0.15, -0.1) is 0 Å². The highest BCUT2D eigenvalue weighted by molar-refractivity contribution is 5.99. The maximum atomic E-state index is 14.1. The summed E-state index contributed by atoms with van der Waals surface area (Å²) in [5.41, 5.74) is 1.03. The highest BCUT2D eigenvalue weighted by Crippen LogP contribution is 2.29. The molecule has 1 aromatic rings. The van der Waals surface area contributed by atoms with E-state index in [2.05, 4.69) is 12.2 Å². The molecule has 2 unspecified atom stereocenters. The number of allylic oxidation sites excluding steroid dienone is 2. The molecule has 3 rings (SSSR count). The number of esters is 1. The second-order valence-electron chi connectivity index (χ2n) is 6.64. The van der Waals surface area contributed by atoms with Crippen LogP contribution in [-0.4, -0.2) is 25.0 Å². The first kappa shape index (κ1) is 16.7. The number of halogens is 1. The van der Waals surface area contributed by atoms with E-state index in [0.717, 1.165) is 24.8 Å². The lowest BCUT2D eigenvalue weighted by Gasteiger charge is -2.19. The first-order valence-electron chi connectivity index (χ1n) is 8.42. The molecule has 2 aliphatic rings. The molecule has 0 aromatic heterocycles. The van der Waals surface area contributed by atoms with Gasteiger partial charge in [0.15, 0.2) is 0 Å². The maximum Gasteiger partial charge on any atom is 0.311 e. The van der Waals surface area contributed by atoms with Gasteiger partial charge in [-0.25, -0.2) is 4.39 Å². The van der Waals surface area contributed by atoms with Crippen molar-refractivity contribution in [2.75, 3.05) is 18.1 Å². The minimum Gasteiger partial charge on any atom is -0.465 e. The van der Waals surface area contributed by atoms with E-state index >= 15 is 0 Å². The minimum atomic E-state index is -0.516. The summed E-state index contributed by atoms with van der Waals surface area (Å²) >= 11 is 0. The molecule has 0 radical (unpaired) electrons. The highest BCUT2D eigenvalue weighted by atomic mass is 19.1. The van der Waals surface area contributed by atoms with Gasteiger partial charge >= 0.3 is 5.97 Å². The van der Waals surface area contributed by atoms with E-state index in [1.807, 2.05) is 0 Å². The molecule has 0 spiro atoms. The summed E-state index contributed by atoms with van der Waals surface area (Å²) in [5, 5.41) is 0. The third kappa shape index (κ3) is 3.66. The summed E-state index contributed by atoms with van der Waals surface area (Å²) < 4.78 is 19.5. The van der Waals surface area contributed by atoms with Crippen molar-refractivity contribution in [1.29, 1.82) is 0 Å². The van der Waals surface area contributed by atoms with Crippen LogP contribution >= 0.6 is 0 Å². The van der Waals surface area contributed by atoms with E-state index in [-0.39, 0.29) is 30.5 Å². The van der Waals surface area contributed by atoms with Crippen molar-refractivity contribution in [3.63, 3.8) is 0 Å². The van der Waals surface area contributed by atoms with Crippen LogP contribution in [0.2, 0.25) is 0 Å². The summed E-state index contributed by atoms with van der Waals surface area (Å²) in [6.07, 6.45) is 7.30. The van der Waals surface area contributed by atoms with Crippen LogP contribution in [0.3, 0.4) is 0 Å². The van der Waals surface area contributed by atoms with Crippen molar-refractivity contribution < 1.29 is 18.7 Å². The van der Waals surface area contributed by atoms with Gasteiger partial charge in [-0.3, -0.25) is 9.59 Å². The number of anilines is 1. The monoisotopic (exact) mass is 331 g/mol. The summed E-state index contributed by atoms with van der Waals surface area (Å²) in [6, 6.07) is 4.74. The summed E-state index contributed by atoms with van der Waals surface area (Å²) in [5.74, 6) is -1.18. The van der Waals surface area contributed by atoms with Crippen LogP contribution < -0.4 is 4.90 Å². The molecule has 1 aliphatic heterocycles. The van der Waals surface area contributed by atoms with Gasteiger partial charge in [0.1, 0.15) is 5.82 Å². The molecule has 0 N–H and O–H groups in total. The largest absolute Gasteiger partial charge is 0.465 e. The molecule has 2 atom stereocenters. The van der Waals surface area contributed by atoms with E-state index in [4.69, 9.17) is 4.74 Å². The number of carbonyl (C=O) groups is 2. The van der Waals surface area contributed by atoms with Crippen molar-refractivity contribution in [2.45, 2.75) is 32.6 Å². The zero-order chi connectivity index (χ0) is 17.1. The van der Waals surface area contributed by atoms with E-state index in [1.54, 1.807) is 19.1 Å².